The number of carbonyl (C=O) groups excluding carboxylic acids is 1. The van der Waals surface area contributed by atoms with E-state index in [2.05, 4.69) is 31.1 Å². The Morgan fingerprint density at radius 3 is 2.70 bits per heavy atom. The second-order valence-corrected chi connectivity index (χ2v) is 7.85. The lowest BCUT2D eigenvalue weighted by molar-refractivity contribution is -0.121. The Morgan fingerprint density at radius 1 is 1.15 bits per heavy atom. The largest absolute Gasteiger partial charge is 0.356 e. The van der Waals surface area contributed by atoms with Crippen LogP contribution in [0.5, 0.6) is 0 Å². The number of carbonyl (C=O) groups is 1. The maximum absolute atomic E-state index is 12.5. The average Bonchev–Trinajstić information content (AvgIpc) is 3.16. The van der Waals surface area contributed by atoms with Crippen LogP contribution in [0.25, 0.3) is 10.9 Å². The fraction of sp³-hybridized carbons (Fsp3) is 0.526. The Hall–Kier alpha value is -1.93. The molecule has 2 heterocycles. The molecular weight excluding hydrogens is 412 g/mol. The number of rotatable bonds is 8. The van der Waals surface area contributed by atoms with Crippen molar-refractivity contribution in [3.63, 3.8) is 0 Å². The third-order valence-corrected chi connectivity index (χ3v) is 5.39. The molecule has 0 bridgehead atoms. The molecule has 0 saturated carbocycles. The third kappa shape index (κ3) is 5.29. The van der Waals surface area contributed by atoms with Gasteiger partial charge in [-0.2, -0.15) is 0 Å². The van der Waals surface area contributed by atoms with Gasteiger partial charge in [0.25, 0.3) is 5.56 Å². The number of amides is 1. The first-order valence-electron chi connectivity index (χ1n) is 9.46. The number of hydrogen-bond acceptors (Lipinski definition) is 4. The van der Waals surface area contributed by atoms with Crippen molar-refractivity contribution in [1.82, 2.24) is 19.8 Å². The number of nitrogens with one attached hydrogen (secondary N) is 2. The molecule has 27 heavy (non-hydrogen) atoms. The summed E-state index contributed by atoms with van der Waals surface area (Å²) in [4.78, 5) is 41.8. The van der Waals surface area contributed by atoms with E-state index in [1.807, 2.05) is 0 Å². The lowest BCUT2D eigenvalue weighted by Crippen LogP contribution is -2.35. The van der Waals surface area contributed by atoms with E-state index < -0.39 is 5.69 Å². The van der Waals surface area contributed by atoms with Gasteiger partial charge in [-0.25, -0.2) is 4.79 Å². The van der Waals surface area contributed by atoms with Gasteiger partial charge in [0, 0.05) is 24.0 Å². The number of benzene rings is 1. The van der Waals surface area contributed by atoms with E-state index in [1.165, 1.54) is 25.9 Å². The smallest absolute Gasteiger partial charge is 0.328 e. The number of H-pyrrole nitrogens is 1. The van der Waals surface area contributed by atoms with Gasteiger partial charge in [-0.3, -0.25) is 14.2 Å². The first-order valence-corrected chi connectivity index (χ1v) is 10.3. The number of aromatic nitrogens is 2. The molecule has 1 saturated heterocycles. The molecule has 3 rings (SSSR count). The number of likely N-dealkylation sites (tertiary alicyclic amines) is 1. The van der Waals surface area contributed by atoms with E-state index in [9.17, 15) is 14.4 Å². The number of nitrogens with zero attached hydrogens (tertiary/aromatic N) is 2. The van der Waals surface area contributed by atoms with Gasteiger partial charge in [0.2, 0.25) is 5.91 Å². The lowest BCUT2D eigenvalue weighted by Gasteiger charge is -2.14. The van der Waals surface area contributed by atoms with E-state index in [1.54, 1.807) is 18.2 Å². The molecule has 1 amide bonds. The molecule has 0 aliphatic carbocycles. The van der Waals surface area contributed by atoms with Crippen molar-refractivity contribution >= 4 is 32.7 Å². The maximum Gasteiger partial charge on any atom is 0.328 e. The monoisotopic (exact) mass is 436 g/mol. The van der Waals surface area contributed by atoms with Crippen molar-refractivity contribution in [2.24, 2.45) is 0 Å². The molecule has 0 unspecified atom stereocenters. The number of halogens is 1. The summed E-state index contributed by atoms with van der Waals surface area (Å²) in [5.41, 5.74) is -0.262. The zero-order valence-corrected chi connectivity index (χ0v) is 16.9. The van der Waals surface area contributed by atoms with Crippen LogP contribution < -0.4 is 16.6 Å². The van der Waals surface area contributed by atoms with E-state index in [0.717, 1.165) is 22.0 Å². The van der Waals surface area contributed by atoms with Crippen LogP contribution >= 0.6 is 15.9 Å². The molecule has 146 valence electrons. The van der Waals surface area contributed by atoms with Crippen LogP contribution in [0, 0.1) is 0 Å². The molecule has 0 radical (unpaired) electrons. The summed E-state index contributed by atoms with van der Waals surface area (Å²) in [5.74, 6) is -0.0376. The average molecular weight is 437 g/mol. The predicted octanol–water partition coefficient (Wildman–Crippen LogP) is 1.83. The summed E-state index contributed by atoms with van der Waals surface area (Å²) in [6.07, 6.45) is 4.24. The van der Waals surface area contributed by atoms with E-state index >= 15 is 0 Å². The minimum Gasteiger partial charge on any atom is -0.356 e. The van der Waals surface area contributed by atoms with Crippen LogP contribution in [-0.4, -0.2) is 46.5 Å². The van der Waals surface area contributed by atoms with Gasteiger partial charge in [-0.15, -0.1) is 0 Å². The van der Waals surface area contributed by atoms with E-state index in [4.69, 9.17) is 0 Å². The Balaban J connectivity index is 1.47. The van der Waals surface area contributed by atoms with Crippen LogP contribution in [0.1, 0.15) is 32.1 Å². The van der Waals surface area contributed by atoms with Gasteiger partial charge in [-0.05, 0) is 63.5 Å². The van der Waals surface area contributed by atoms with Crippen molar-refractivity contribution in [3.05, 3.63) is 43.5 Å². The second-order valence-electron chi connectivity index (χ2n) is 6.93. The number of aromatic amines is 1. The zero-order valence-electron chi connectivity index (χ0n) is 15.3. The first-order chi connectivity index (χ1) is 13.0. The second kappa shape index (κ2) is 9.32. The highest BCUT2D eigenvalue weighted by Gasteiger charge is 2.11. The topological polar surface area (TPSA) is 87.2 Å². The summed E-state index contributed by atoms with van der Waals surface area (Å²) in [6.45, 7) is 4.24. The highest BCUT2D eigenvalue weighted by Crippen LogP contribution is 2.14. The summed E-state index contributed by atoms with van der Waals surface area (Å²) in [7, 11) is 0. The molecule has 7 nitrogen and oxygen atoms in total. The standard InChI is InChI=1S/C19H25BrN4O3/c20-14-6-7-16-15(13-14)18(26)24(19(27)22-16)12-3-5-17(25)21-8-4-11-23-9-1-2-10-23/h6-7,13H,1-5,8-12H2,(H,21,25)(H,22,27). The molecule has 1 aliphatic heterocycles. The molecule has 2 aromatic rings. The minimum atomic E-state index is -0.444. The summed E-state index contributed by atoms with van der Waals surface area (Å²) >= 11 is 3.34. The molecule has 0 atom stereocenters. The van der Waals surface area contributed by atoms with Gasteiger partial charge < -0.3 is 15.2 Å². The fourth-order valence-corrected chi connectivity index (χ4v) is 3.81. The molecule has 1 fully saturated rings. The molecule has 1 aromatic heterocycles. The third-order valence-electron chi connectivity index (χ3n) is 4.90. The Morgan fingerprint density at radius 2 is 1.93 bits per heavy atom. The van der Waals surface area contributed by atoms with Gasteiger partial charge >= 0.3 is 5.69 Å². The van der Waals surface area contributed by atoms with Gasteiger partial charge in [0.1, 0.15) is 0 Å². The van der Waals surface area contributed by atoms with Crippen molar-refractivity contribution in [3.8, 4) is 0 Å². The van der Waals surface area contributed by atoms with Gasteiger partial charge in [0.15, 0.2) is 0 Å². The van der Waals surface area contributed by atoms with Crippen molar-refractivity contribution < 1.29 is 4.79 Å². The highest BCUT2D eigenvalue weighted by molar-refractivity contribution is 9.10. The molecule has 0 spiro atoms. The Kier molecular flexibility index (Phi) is 6.84. The summed E-state index contributed by atoms with van der Waals surface area (Å²) in [5, 5.41) is 3.37. The van der Waals surface area contributed by atoms with Crippen LogP contribution in [-0.2, 0) is 11.3 Å². The van der Waals surface area contributed by atoms with Gasteiger partial charge in [0.05, 0.1) is 10.9 Å². The van der Waals surface area contributed by atoms with Crippen LogP contribution in [0.15, 0.2) is 32.3 Å². The highest BCUT2D eigenvalue weighted by atomic mass is 79.9. The van der Waals surface area contributed by atoms with Crippen LogP contribution in [0.4, 0.5) is 0 Å². The molecule has 8 heteroatoms. The zero-order chi connectivity index (χ0) is 19.2. The van der Waals surface area contributed by atoms with Crippen LogP contribution in [0.2, 0.25) is 0 Å². The first kappa shape index (κ1) is 19.8. The Labute approximate surface area is 165 Å². The summed E-state index contributed by atoms with van der Waals surface area (Å²) in [6, 6.07) is 5.16. The fourth-order valence-electron chi connectivity index (χ4n) is 3.45. The Bertz CT molecular complexity index is 915. The quantitative estimate of drug-likeness (QED) is 0.617. The molecule has 1 aromatic carbocycles. The molecule has 1 aliphatic rings. The number of fused-ring (bicyclic) bond motifs is 1. The SMILES string of the molecule is O=C(CCCn1c(=O)[nH]c2ccc(Br)cc2c1=O)NCCCN1CCCC1. The number of hydrogen-bond donors (Lipinski definition) is 2. The van der Waals surface area contributed by atoms with E-state index in [0.29, 0.717) is 30.3 Å². The normalized spacial score (nSPS) is 14.7. The molecular formula is C19H25BrN4O3. The van der Waals surface area contributed by atoms with Gasteiger partial charge in [-0.1, -0.05) is 15.9 Å². The van der Waals surface area contributed by atoms with Crippen molar-refractivity contribution in [2.75, 3.05) is 26.2 Å². The predicted molar refractivity (Wildman–Crippen MR) is 109 cm³/mol. The lowest BCUT2D eigenvalue weighted by atomic mass is 10.2. The minimum absolute atomic E-state index is 0.0376. The van der Waals surface area contributed by atoms with Crippen LogP contribution in [0.3, 0.4) is 0 Å². The molecule has 2 N–H and O–H groups in total. The van der Waals surface area contributed by atoms with Crippen molar-refractivity contribution in [1.29, 1.82) is 0 Å². The maximum atomic E-state index is 12.5. The van der Waals surface area contributed by atoms with E-state index in [-0.39, 0.29) is 18.0 Å². The van der Waals surface area contributed by atoms with Crippen molar-refractivity contribution in [2.45, 2.75) is 38.6 Å². The summed E-state index contributed by atoms with van der Waals surface area (Å²) < 4.78 is 1.94.